The topological polar surface area (TPSA) is 15.3 Å². The number of rotatable bonds is 3. The zero-order valence-corrected chi connectivity index (χ0v) is 11.2. The maximum atomic E-state index is 3.52. The predicted octanol–water partition coefficient (Wildman–Crippen LogP) is 2.75. The fourth-order valence-corrected chi connectivity index (χ4v) is 3.28. The average Bonchev–Trinajstić information content (AvgIpc) is 2.93. The molecule has 1 unspecified atom stereocenters. The number of nitrogens with one attached hydrogen (secondary N) is 1. The molecule has 1 aromatic rings. The first kappa shape index (κ1) is 12.2. The van der Waals surface area contributed by atoms with Crippen molar-refractivity contribution in [1.82, 2.24) is 10.2 Å². The molecule has 18 heavy (non-hydrogen) atoms. The van der Waals surface area contributed by atoms with Crippen LogP contribution in [0.15, 0.2) is 24.3 Å². The van der Waals surface area contributed by atoms with Crippen LogP contribution in [0, 0.1) is 0 Å². The average molecular weight is 244 g/mol. The Bertz CT molecular complexity index is 376. The van der Waals surface area contributed by atoms with Gasteiger partial charge in [0.1, 0.15) is 0 Å². The molecule has 0 aromatic heterocycles. The molecule has 0 bridgehead atoms. The van der Waals surface area contributed by atoms with Gasteiger partial charge in [-0.15, -0.1) is 0 Å². The number of benzene rings is 1. The SMILES string of the molecule is c1cc(CN2CCCC2)cc(C2CCCNC2)c1. The molecule has 2 heteroatoms. The van der Waals surface area contributed by atoms with Crippen molar-refractivity contribution >= 4 is 0 Å². The summed E-state index contributed by atoms with van der Waals surface area (Å²) in [6.07, 6.45) is 5.43. The van der Waals surface area contributed by atoms with Crippen LogP contribution in [0.5, 0.6) is 0 Å². The second-order valence-corrected chi connectivity index (χ2v) is 5.77. The van der Waals surface area contributed by atoms with Gasteiger partial charge in [0.25, 0.3) is 0 Å². The highest BCUT2D eigenvalue weighted by Crippen LogP contribution is 2.24. The second kappa shape index (κ2) is 5.85. The largest absolute Gasteiger partial charge is 0.316 e. The van der Waals surface area contributed by atoms with Gasteiger partial charge in [0.2, 0.25) is 0 Å². The van der Waals surface area contributed by atoms with E-state index in [-0.39, 0.29) is 0 Å². The van der Waals surface area contributed by atoms with Crippen LogP contribution in [0.25, 0.3) is 0 Å². The van der Waals surface area contributed by atoms with Crippen LogP contribution in [-0.4, -0.2) is 31.1 Å². The van der Waals surface area contributed by atoms with Crippen LogP contribution >= 0.6 is 0 Å². The van der Waals surface area contributed by atoms with E-state index >= 15 is 0 Å². The molecule has 3 rings (SSSR count). The maximum absolute atomic E-state index is 3.52. The molecular weight excluding hydrogens is 220 g/mol. The summed E-state index contributed by atoms with van der Waals surface area (Å²) in [5.41, 5.74) is 3.04. The van der Waals surface area contributed by atoms with Crippen molar-refractivity contribution < 1.29 is 0 Å². The molecule has 2 saturated heterocycles. The second-order valence-electron chi connectivity index (χ2n) is 5.77. The van der Waals surface area contributed by atoms with Crippen molar-refractivity contribution in [2.24, 2.45) is 0 Å². The highest BCUT2D eigenvalue weighted by Gasteiger charge is 2.16. The van der Waals surface area contributed by atoms with E-state index < -0.39 is 0 Å². The Labute approximate surface area is 110 Å². The van der Waals surface area contributed by atoms with Gasteiger partial charge >= 0.3 is 0 Å². The molecule has 2 aliphatic heterocycles. The smallest absolute Gasteiger partial charge is 0.0233 e. The van der Waals surface area contributed by atoms with Crippen molar-refractivity contribution in [3.8, 4) is 0 Å². The molecule has 0 saturated carbocycles. The Hall–Kier alpha value is -0.860. The molecule has 2 nitrogen and oxygen atoms in total. The number of hydrogen-bond acceptors (Lipinski definition) is 2. The molecule has 0 aliphatic carbocycles. The van der Waals surface area contributed by atoms with E-state index in [1.54, 1.807) is 5.56 Å². The van der Waals surface area contributed by atoms with Gasteiger partial charge in [-0.25, -0.2) is 0 Å². The van der Waals surface area contributed by atoms with Crippen molar-refractivity contribution in [2.45, 2.75) is 38.1 Å². The molecule has 1 atom stereocenters. The van der Waals surface area contributed by atoms with E-state index in [9.17, 15) is 0 Å². The molecule has 0 amide bonds. The van der Waals surface area contributed by atoms with E-state index in [0.717, 1.165) is 19.0 Å². The molecule has 98 valence electrons. The van der Waals surface area contributed by atoms with Gasteiger partial charge in [-0.05, 0) is 62.4 Å². The van der Waals surface area contributed by atoms with E-state index in [2.05, 4.69) is 34.5 Å². The van der Waals surface area contributed by atoms with Gasteiger partial charge < -0.3 is 5.32 Å². The van der Waals surface area contributed by atoms with Gasteiger partial charge in [0.15, 0.2) is 0 Å². The van der Waals surface area contributed by atoms with E-state index in [4.69, 9.17) is 0 Å². The van der Waals surface area contributed by atoms with Crippen molar-refractivity contribution in [2.75, 3.05) is 26.2 Å². The van der Waals surface area contributed by atoms with E-state index in [1.807, 2.05) is 0 Å². The minimum absolute atomic E-state index is 0.734. The Kier molecular flexibility index (Phi) is 3.96. The summed E-state index contributed by atoms with van der Waals surface area (Å²) in [6.45, 7) is 6.08. The van der Waals surface area contributed by atoms with E-state index in [0.29, 0.717) is 0 Å². The Balaban J connectivity index is 1.67. The number of hydrogen-bond donors (Lipinski definition) is 1. The molecule has 1 aromatic carbocycles. The summed E-state index contributed by atoms with van der Waals surface area (Å²) in [5.74, 6) is 0.734. The first-order valence-corrected chi connectivity index (χ1v) is 7.44. The van der Waals surface area contributed by atoms with Crippen LogP contribution in [0.3, 0.4) is 0 Å². The monoisotopic (exact) mass is 244 g/mol. The molecule has 2 heterocycles. The summed E-state index contributed by atoms with van der Waals surface area (Å²) in [6, 6.07) is 9.29. The molecule has 2 fully saturated rings. The zero-order chi connectivity index (χ0) is 12.2. The third kappa shape index (κ3) is 2.93. The van der Waals surface area contributed by atoms with Gasteiger partial charge in [-0.3, -0.25) is 4.90 Å². The van der Waals surface area contributed by atoms with Crippen molar-refractivity contribution in [3.05, 3.63) is 35.4 Å². The lowest BCUT2D eigenvalue weighted by Crippen LogP contribution is -2.28. The Morgan fingerprint density at radius 2 is 2.06 bits per heavy atom. The summed E-state index contributed by atoms with van der Waals surface area (Å²) < 4.78 is 0. The van der Waals surface area contributed by atoms with Crippen LogP contribution in [-0.2, 0) is 6.54 Å². The molecule has 1 N–H and O–H groups in total. The summed E-state index contributed by atoms with van der Waals surface area (Å²) in [4.78, 5) is 2.58. The summed E-state index contributed by atoms with van der Waals surface area (Å²) >= 11 is 0. The first-order chi connectivity index (χ1) is 8.92. The lowest BCUT2D eigenvalue weighted by molar-refractivity contribution is 0.331. The predicted molar refractivity (Wildman–Crippen MR) is 75.8 cm³/mol. The Morgan fingerprint density at radius 1 is 1.17 bits per heavy atom. The highest BCUT2D eigenvalue weighted by atomic mass is 15.1. The summed E-state index contributed by atoms with van der Waals surface area (Å²) in [5, 5.41) is 3.52. The first-order valence-electron chi connectivity index (χ1n) is 7.44. The van der Waals surface area contributed by atoms with Gasteiger partial charge in [0.05, 0.1) is 0 Å². The standard InChI is InChI=1S/C16H24N2/c1-2-10-18(9-1)13-14-5-3-6-15(11-14)16-7-4-8-17-12-16/h3,5-6,11,16-17H,1-2,4,7-10,12-13H2. The minimum Gasteiger partial charge on any atom is -0.316 e. The van der Waals surface area contributed by atoms with Gasteiger partial charge in [-0.1, -0.05) is 24.3 Å². The molecule has 2 aliphatic rings. The normalized spacial score (nSPS) is 25.4. The fourth-order valence-electron chi connectivity index (χ4n) is 3.28. The Morgan fingerprint density at radius 3 is 2.83 bits per heavy atom. The van der Waals surface area contributed by atoms with Crippen molar-refractivity contribution in [3.63, 3.8) is 0 Å². The van der Waals surface area contributed by atoms with Crippen LogP contribution in [0.2, 0.25) is 0 Å². The fraction of sp³-hybridized carbons (Fsp3) is 0.625. The summed E-state index contributed by atoms with van der Waals surface area (Å²) in [7, 11) is 0. The quantitative estimate of drug-likeness (QED) is 0.879. The third-order valence-electron chi connectivity index (χ3n) is 4.32. The van der Waals surface area contributed by atoms with Gasteiger partial charge in [0, 0.05) is 13.1 Å². The molecule has 0 radical (unpaired) electrons. The third-order valence-corrected chi connectivity index (χ3v) is 4.32. The van der Waals surface area contributed by atoms with Gasteiger partial charge in [-0.2, -0.15) is 0 Å². The maximum Gasteiger partial charge on any atom is 0.0233 e. The lowest BCUT2D eigenvalue weighted by atomic mass is 9.91. The number of likely N-dealkylation sites (tertiary alicyclic amines) is 1. The van der Waals surface area contributed by atoms with Crippen LogP contribution < -0.4 is 5.32 Å². The van der Waals surface area contributed by atoms with Crippen LogP contribution in [0.4, 0.5) is 0 Å². The van der Waals surface area contributed by atoms with Crippen molar-refractivity contribution in [1.29, 1.82) is 0 Å². The minimum atomic E-state index is 0.734. The highest BCUT2D eigenvalue weighted by molar-refractivity contribution is 5.27. The number of piperidine rings is 1. The molecular formula is C16H24N2. The molecule has 0 spiro atoms. The van der Waals surface area contributed by atoms with Crippen LogP contribution in [0.1, 0.15) is 42.7 Å². The lowest BCUT2D eigenvalue weighted by Gasteiger charge is -2.24. The van der Waals surface area contributed by atoms with E-state index in [1.165, 1.54) is 50.9 Å². The number of nitrogens with zero attached hydrogens (tertiary/aromatic N) is 1. The zero-order valence-electron chi connectivity index (χ0n) is 11.2.